The van der Waals surface area contributed by atoms with E-state index in [1.54, 1.807) is 6.20 Å². The zero-order valence-corrected chi connectivity index (χ0v) is 14.1. The normalized spacial score (nSPS) is 11.0. The second kappa shape index (κ2) is 5.94. The molecule has 0 saturated carbocycles. The fourth-order valence-corrected chi connectivity index (χ4v) is 3.11. The van der Waals surface area contributed by atoms with Crippen LogP contribution in [0, 0.1) is 13.8 Å². The number of benzene rings is 2. The fraction of sp³-hybridized carbons (Fsp3) is 0.100. The number of fused-ring (bicyclic) bond motifs is 1. The Labute approximate surface area is 145 Å². The van der Waals surface area contributed by atoms with Gasteiger partial charge in [-0.15, -0.1) is 0 Å². The molecule has 5 heteroatoms. The van der Waals surface area contributed by atoms with Crippen molar-refractivity contribution in [1.29, 1.82) is 0 Å². The number of anilines is 1. The Kier molecular flexibility index (Phi) is 3.61. The number of H-pyrrole nitrogens is 1. The molecule has 0 saturated heterocycles. The number of carbonyl (C=O) groups is 1. The van der Waals surface area contributed by atoms with Crippen LogP contribution in [0.5, 0.6) is 0 Å². The predicted octanol–water partition coefficient (Wildman–Crippen LogP) is 4.22. The van der Waals surface area contributed by atoms with E-state index in [1.807, 2.05) is 42.5 Å². The van der Waals surface area contributed by atoms with Gasteiger partial charge in [0.25, 0.3) is 5.91 Å². The van der Waals surface area contributed by atoms with Crippen LogP contribution in [0.2, 0.25) is 0 Å². The van der Waals surface area contributed by atoms with Gasteiger partial charge in [0.05, 0.1) is 17.4 Å². The topological polar surface area (TPSA) is 62.7 Å². The van der Waals surface area contributed by atoms with Gasteiger partial charge in [0.2, 0.25) is 0 Å². The quantitative estimate of drug-likeness (QED) is 0.591. The number of carbonyl (C=O) groups excluding carboxylic acids is 1. The third-order valence-electron chi connectivity index (χ3n) is 4.38. The van der Waals surface area contributed by atoms with E-state index >= 15 is 0 Å². The highest BCUT2D eigenvalue weighted by atomic mass is 16.1. The number of rotatable bonds is 3. The maximum atomic E-state index is 12.6. The zero-order chi connectivity index (χ0) is 17.4. The van der Waals surface area contributed by atoms with Crippen LogP contribution in [0.1, 0.15) is 21.7 Å². The Balaban J connectivity index is 1.60. The number of amides is 1. The standard InChI is InChI=1S/C20H18N4O/c1-13-6-7-14(2)24(13)17-10-8-15(9-11-17)20(25)22-18-5-3-4-16-12-21-23-19(16)18/h3-12H,1-2H3,(H,21,23)(H,22,25). The van der Waals surface area contributed by atoms with Crippen LogP contribution in [0.15, 0.2) is 60.8 Å². The number of hydrogen-bond acceptors (Lipinski definition) is 2. The van der Waals surface area contributed by atoms with Gasteiger partial charge in [0.1, 0.15) is 0 Å². The molecule has 2 heterocycles. The number of para-hydroxylation sites is 1. The van der Waals surface area contributed by atoms with Crippen molar-refractivity contribution in [2.24, 2.45) is 0 Å². The van der Waals surface area contributed by atoms with Crippen LogP contribution in [0.25, 0.3) is 16.6 Å². The van der Waals surface area contributed by atoms with Crippen LogP contribution < -0.4 is 5.32 Å². The molecular weight excluding hydrogens is 312 g/mol. The maximum Gasteiger partial charge on any atom is 0.255 e. The summed E-state index contributed by atoms with van der Waals surface area (Å²) in [6.45, 7) is 4.14. The van der Waals surface area contributed by atoms with E-state index in [1.165, 1.54) is 11.4 Å². The van der Waals surface area contributed by atoms with Gasteiger partial charge >= 0.3 is 0 Å². The van der Waals surface area contributed by atoms with Crippen molar-refractivity contribution in [3.8, 4) is 5.69 Å². The second-order valence-electron chi connectivity index (χ2n) is 6.09. The molecular formula is C20H18N4O. The van der Waals surface area contributed by atoms with Gasteiger partial charge in [0.15, 0.2) is 0 Å². The highest BCUT2D eigenvalue weighted by Crippen LogP contribution is 2.22. The first kappa shape index (κ1) is 15.2. The molecule has 0 atom stereocenters. The molecule has 0 fully saturated rings. The highest BCUT2D eigenvalue weighted by Gasteiger charge is 2.10. The number of hydrogen-bond donors (Lipinski definition) is 2. The van der Waals surface area contributed by atoms with Crippen LogP contribution in [-0.2, 0) is 0 Å². The molecule has 0 spiro atoms. The molecule has 2 N–H and O–H groups in total. The number of aromatic amines is 1. The number of aryl methyl sites for hydroxylation is 2. The summed E-state index contributed by atoms with van der Waals surface area (Å²) in [7, 11) is 0. The summed E-state index contributed by atoms with van der Waals surface area (Å²) in [5.41, 5.74) is 5.54. The molecule has 1 amide bonds. The minimum absolute atomic E-state index is 0.144. The lowest BCUT2D eigenvalue weighted by Gasteiger charge is -2.11. The van der Waals surface area contributed by atoms with Gasteiger partial charge in [-0.05, 0) is 56.3 Å². The molecule has 0 bridgehead atoms. The average Bonchev–Trinajstić information content (AvgIpc) is 3.22. The number of aromatic nitrogens is 3. The van der Waals surface area contributed by atoms with Gasteiger partial charge in [-0.3, -0.25) is 9.89 Å². The Morgan fingerprint density at radius 3 is 2.44 bits per heavy atom. The molecule has 0 aliphatic carbocycles. The lowest BCUT2D eigenvalue weighted by molar-refractivity contribution is 0.102. The van der Waals surface area contributed by atoms with Crippen LogP contribution in [0.4, 0.5) is 5.69 Å². The Morgan fingerprint density at radius 1 is 1.00 bits per heavy atom. The van der Waals surface area contributed by atoms with E-state index in [0.29, 0.717) is 5.56 Å². The van der Waals surface area contributed by atoms with Crippen molar-refractivity contribution in [1.82, 2.24) is 14.8 Å². The smallest absolute Gasteiger partial charge is 0.255 e. The van der Waals surface area contributed by atoms with E-state index in [2.05, 4.69) is 46.1 Å². The minimum atomic E-state index is -0.144. The molecule has 0 aliphatic heterocycles. The van der Waals surface area contributed by atoms with Gasteiger partial charge in [0, 0.05) is 28.0 Å². The van der Waals surface area contributed by atoms with Gasteiger partial charge in [-0.2, -0.15) is 5.10 Å². The van der Waals surface area contributed by atoms with Gasteiger partial charge in [-0.1, -0.05) is 12.1 Å². The van der Waals surface area contributed by atoms with Crippen LogP contribution in [0.3, 0.4) is 0 Å². The van der Waals surface area contributed by atoms with Crippen molar-refractivity contribution in [3.63, 3.8) is 0 Å². The predicted molar refractivity (Wildman–Crippen MR) is 99.3 cm³/mol. The van der Waals surface area contributed by atoms with E-state index in [4.69, 9.17) is 0 Å². The summed E-state index contributed by atoms with van der Waals surface area (Å²) >= 11 is 0. The molecule has 25 heavy (non-hydrogen) atoms. The van der Waals surface area contributed by atoms with Crippen molar-refractivity contribution in [3.05, 3.63) is 77.7 Å². The first-order valence-electron chi connectivity index (χ1n) is 8.12. The molecule has 124 valence electrons. The van der Waals surface area contributed by atoms with Gasteiger partial charge in [-0.25, -0.2) is 0 Å². The van der Waals surface area contributed by atoms with E-state index in [0.717, 1.165) is 22.3 Å². The minimum Gasteiger partial charge on any atom is -0.320 e. The molecule has 2 aromatic heterocycles. The first-order chi connectivity index (χ1) is 12.1. The number of nitrogens with zero attached hydrogens (tertiary/aromatic N) is 2. The van der Waals surface area contributed by atoms with Crippen LogP contribution in [-0.4, -0.2) is 20.7 Å². The SMILES string of the molecule is Cc1ccc(C)n1-c1ccc(C(=O)Nc2cccc3cn[nH]c23)cc1. The van der Waals surface area contributed by atoms with Crippen molar-refractivity contribution in [2.75, 3.05) is 5.32 Å². The Hall–Kier alpha value is -3.34. The summed E-state index contributed by atoms with van der Waals surface area (Å²) in [5.74, 6) is -0.144. The molecule has 5 nitrogen and oxygen atoms in total. The molecule has 2 aromatic carbocycles. The van der Waals surface area contributed by atoms with E-state index in [9.17, 15) is 4.79 Å². The lowest BCUT2D eigenvalue weighted by Crippen LogP contribution is -2.12. The fourth-order valence-electron chi connectivity index (χ4n) is 3.11. The summed E-state index contributed by atoms with van der Waals surface area (Å²) in [6, 6.07) is 17.5. The number of nitrogens with one attached hydrogen (secondary N) is 2. The molecule has 4 aromatic rings. The molecule has 0 unspecified atom stereocenters. The van der Waals surface area contributed by atoms with Crippen molar-refractivity contribution < 1.29 is 4.79 Å². The second-order valence-corrected chi connectivity index (χ2v) is 6.09. The maximum absolute atomic E-state index is 12.6. The van der Waals surface area contributed by atoms with E-state index in [-0.39, 0.29) is 5.91 Å². The molecule has 0 radical (unpaired) electrons. The third kappa shape index (κ3) is 2.70. The average molecular weight is 330 g/mol. The largest absolute Gasteiger partial charge is 0.320 e. The van der Waals surface area contributed by atoms with E-state index < -0.39 is 0 Å². The Morgan fingerprint density at radius 2 is 1.72 bits per heavy atom. The summed E-state index contributed by atoms with van der Waals surface area (Å²) in [5, 5.41) is 10.8. The van der Waals surface area contributed by atoms with Crippen molar-refractivity contribution >= 4 is 22.5 Å². The molecule has 0 aliphatic rings. The summed E-state index contributed by atoms with van der Waals surface area (Å²) < 4.78 is 2.16. The highest BCUT2D eigenvalue weighted by molar-refractivity contribution is 6.08. The molecule has 4 rings (SSSR count). The summed E-state index contributed by atoms with van der Waals surface area (Å²) in [6.07, 6.45) is 1.74. The lowest BCUT2D eigenvalue weighted by atomic mass is 10.1. The van der Waals surface area contributed by atoms with Gasteiger partial charge < -0.3 is 9.88 Å². The monoisotopic (exact) mass is 330 g/mol. The van der Waals surface area contributed by atoms with Crippen LogP contribution >= 0.6 is 0 Å². The first-order valence-corrected chi connectivity index (χ1v) is 8.12. The summed E-state index contributed by atoms with van der Waals surface area (Å²) in [4.78, 5) is 12.6. The van der Waals surface area contributed by atoms with Crippen molar-refractivity contribution in [2.45, 2.75) is 13.8 Å². The zero-order valence-electron chi connectivity index (χ0n) is 14.1. The Bertz CT molecular complexity index is 1040. The third-order valence-corrected chi connectivity index (χ3v) is 4.38.